The lowest BCUT2D eigenvalue weighted by molar-refractivity contribution is 0.0648. The van der Waals surface area contributed by atoms with Gasteiger partial charge in [0.25, 0.3) is 0 Å². The summed E-state index contributed by atoms with van der Waals surface area (Å²) in [6.07, 6.45) is 1.05. The van der Waals surface area contributed by atoms with Gasteiger partial charge in [0.1, 0.15) is 0 Å². The average molecular weight is 334 g/mol. The van der Waals surface area contributed by atoms with E-state index in [1.165, 1.54) is 0 Å². The second kappa shape index (κ2) is 6.58. The first kappa shape index (κ1) is 20.2. The molecular formula is C20H30O4. The van der Waals surface area contributed by atoms with E-state index < -0.39 is 11.9 Å². The molecule has 0 saturated carbocycles. The number of rotatable bonds is 4. The number of carbonyl (C=O) groups is 2. The van der Waals surface area contributed by atoms with Gasteiger partial charge in [0.2, 0.25) is 0 Å². The highest BCUT2D eigenvalue weighted by molar-refractivity contribution is 6.04. The number of hydrogen-bond acceptors (Lipinski definition) is 2. The van der Waals surface area contributed by atoms with Crippen molar-refractivity contribution in [2.75, 3.05) is 0 Å². The van der Waals surface area contributed by atoms with Crippen LogP contribution in [-0.4, -0.2) is 22.2 Å². The van der Waals surface area contributed by atoms with E-state index in [-0.39, 0.29) is 22.0 Å². The lowest BCUT2D eigenvalue weighted by atomic mass is 9.76. The summed E-state index contributed by atoms with van der Waals surface area (Å²) in [7, 11) is 0. The van der Waals surface area contributed by atoms with Crippen molar-refractivity contribution in [3.63, 3.8) is 0 Å². The molecule has 0 aliphatic heterocycles. The first-order valence-electron chi connectivity index (χ1n) is 8.27. The summed E-state index contributed by atoms with van der Waals surface area (Å²) in [5.41, 5.74) is 2.72. The van der Waals surface area contributed by atoms with E-state index in [1.54, 1.807) is 0 Å². The molecule has 4 nitrogen and oxygen atoms in total. The fourth-order valence-corrected chi connectivity index (χ4v) is 3.10. The smallest absolute Gasteiger partial charge is 0.336 e. The van der Waals surface area contributed by atoms with E-state index in [4.69, 9.17) is 0 Å². The van der Waals surface area contributed by atoms with Crippen LogP contribution in [0.4, 0.5) is 0 Å². The summed E-state index contributed by atoms with van der Waals surface area (Å²) in [6.45, 7) is 16.0. The molecule has 0 aliphatic carbocycles. The summed E-state index contributed by atoms with van der Waals surface area (Å²) < 4.78 is 0. The van der Waals surface area contributed by atoms with Crippen molar-refractivity contribution in [3.8, 4) is 0 Å². The van der Waals surface area contributed by atoms with Gasteiger partial charge in [-0.1, -0.05) is 41.5 Å². The van der Waals surface area contributed by atoms with Gasteiger partial charge in [-0.05, 0) is 59.8 Å². The highest BCUT2D eigenvalue weighted by Gasteiger charge is 2.31. The van der Waals surface area contributed by atoms with Crippen LogP contribution >= 0.6 is 0 Å². The molecule has 0 saturated heterocycles. The van der Waals surface area contributed by atoms with Gasteiger partial charge < -0.3 is 10.2 Å². The highest BCUT2D eigenvalue weighted by atomic mass is 16.4. The number of aromatic carboxylic acids is 2. The SMILES string of the molecule is Cc1c(C)c(CC(C)(C)C)c(C(=O)O)c(C(=O)O)c1CC(C)(C)C. The van der Waals surface area contributed by atoms with Crippen molar-refractivity contribution in [2.45, 2.75) is 68.2 Å². The standard InChI is InChI=1S/C20H30O4/c1-11-12(2)14(10-20(6,7)8)16(18(23)24)15(17(21)22)13(11)9-19(3,4)5/h9-10H2,1-8H3,(H,21,22)(H,23,24). The molecule has 1 rings (SSSR count). The molecule has 0 spiro atoms. The molecule has 24 heavy (non-hydrogen) atoms. The van der Waals surface area contributed by atoms with Gasteiger partial charge in [0.05, 0.1) is 11.1 Å². The Kier molecular flexibility index (Phi) is 5.54. The maximum absolute atomic E-state index is 12.0. The molecule has 0 fully saturated rings. The second-order valence-corrected chi connectivity index (χ2v) is 9.04. The van der Waals surface area contributed by atoms with E-state index in [2.05, 4.69) is 0 Å². The second-order valence-electron chi connectivity index (χ2n) is 9.04. The molecule has 0 bridgehead atoms. The fourth-order valence-electron chi connectivity index (χ4n) is 3.10. The molecule has 0 aromatic heterocycles. The molecule has 0 heterocycles. The minimum atomic E-state index is -1.16. The molecule has 0 atom stereocenters. The summed E-state index contributed by atoms with van der Waals surface area (Å²) in [5.74, 6) is -2.32. The van der Waals surface area contributed by atoms with Crippen molar-refractivity contribution >= 4 is 11.9 Å². The molecule has 0 amide bonds. The minimum absolute atomic E-state index is 0.0419. The van der Waals surface area contributed by atoms with E-state index in [9.17, 15) is 19.8 Å². The Morgan fingerprint density at radius 3 is 1.12 bits per heavy atom. The first-order valence-corrected chi connectivity index (χ1v) is 8.27. The topological polar surface area (TPSA) is 74.6 Å². The van der Waals surface area contributed by atoms with Crippen molar-refractivity contribution in [1.29, 1.82) is 0 Å². The average Bonchev–Trinajstić information content (AvgIpc) is 2.34. The van der Waals surface area contributed by atoms with Crippen LogP contribution in [0.15, 0.2) is 0 Å². The zero-order chi connectivity index (χ0) is 19.0. The van der Waals surface area contributed by atoms with Crippen molar-refractivity contribution in [1.82, 2.24) is 0 Å². The van der Waals surface area contributed by atoms with E-state index in [1.807, 2.05) is 55.4 Å². The molecule has 0 unspecified atom stereocenters. The Morgan fingerprint density at radius 2 is 0.958 bits per heavy atom. The Balaban J connectivity index is 3.90. The van der Waals surface area contributed by atoms with Crippen LogP contribution in [0, 0.1) is 24.7 Å². The maximum Gasteiger partial charge on any atom is 0.336 e. The molecular weight excluding hydrogens is 304 g/mol. The zero-order valence-corrected chi connectivity index (χ0v) is 16.1. The van der Waals surface area contributed by atoms with E-state index in [0.717, 1.165) is 11.1 Å². The predicted molar refractivity (Wildman–Crippen MR) is 96.2 cm³/mol. The Morgan fingerprint density at radius 1 is 0.708 bits per heavy atom. The Hall–Kier alpha value is -1.84. The van der Waals surface area contributed by atoms with Crippen LogP contribution in [0.5, 0.6) is 0 Å². The van der Waals surface area contributed by atoms with Crippen molar-refractivity contribution in [3.05, 3.63) is 33.4 Å². The van der Waals surface area contributed by atoms with Gasteiger partial charge in [0, 0.05) is 0 Å². The Labute approximate surface area is 144 Å². The first-order chi connectivity index (χ1) is 10.7. The maximum atomic E-state index is 12.0. The summed E-state index contributed by atoms with van der Waals surface area (Å²) >= 11 is 0. The zero-order valence-electron chi connectivity index (χ0n) is 16.1. The number of carboxylic acids is 2. The van der Waals surface area contributed by atoms with Crippen LogP contribution in [0.3, 0.4) is 0 Å². The summed E-state index contributed by atoms with van der Waals surface area (Å²) in [4.78, 5) is 23.9. The van der Waals surface area contributed by atoms with Crippen LogP contribution in [0.25, 0.3) is 0 Å². The molecule has 134 valence electrons. The Bertz CT molecular complexity index is 612. The third kappa shape index (κ3) is 4.59. The fraction of sp³-hybridized carbons (Fsp3) is 0.600. The summed E-state index contributed by atoms with van der Waals surface area (Å²) in [5, 5.41) is 19.5. The van der Waals surface area contributed by atoms with Gasteiger partial charge >= 0.3 is 11.9 Å². The molecule has 2 N–H and O–H groups in total. The largest absolute Gasteiger partial charge is 0.478 e. The molecule has 1 aromatic carbocycles. The third-order valence-corrected chi connectivity index (χ3v) is 4.16. The number of carboxylic acid groups (broad SMARTS) is 2. The van der Waals surface area contributed by atoms with Gasteiger partial charge in [-0.15, -0.1) is 0 Å². The van der Waals surface area contributed by atoms with Crippen molar-refractivity contribution in [2.24, 2.45) is 10.8 Å². The van der Waals surface area contributed by atoms with Gasteiger partial charge in [-0.2, -0.15) is 0 Å². The quantitative estimate of drug-likeness (QED) is 0.823. The van der Waals surface area contributed by atoms with Crippen molar-refractivity contribution < 1.29 is 19.8 Å². The van der Waals surface area contributed by atoms with Crippen LogP contribution in [-0.2, 0) is 12.8 Å². The normalized spacial score (nSPS) is 12.3. The molecule has 0 radical (unpaired) electrons. The summed E-state index contributed by atoms with van der Waals surface area (Å²) in [6, 6.07) is 0. The minimum Gasteiger partial charge on any atom is -0.478 e. The highest BCUT2D eigenvalue weighted by Crippen LogP contribution is 2.35. The molecule has 1 aromatic rings. The number of benzene rings is 1. The van der Waals surface area contributed by atoms with Crippen LogP contribution < -0.4 is 0 Å². The van der Waals surface area contributed by atoms with E-state index in [0.29, 0.717) is 24.0 Å². The number of hydrogen-bond donors (Lipinski definition) is 2. The predicted octanol–water partition coefficient (Wildman–Crippen LogP) is 4.88. The molecule has 0 aliphatic rings. The lowest BCUT2D eigenvalue weighted by Crippen LogP contribution is -2.23. The van der Waals surface area contributed by atoms with Gasteiger partial charge in [0.15, 0.2) is 0 Å². The van der Waals surface area contributed by atoms with Crippen LogP contribution in [0.2, 0.25) is 0 Å². The van der Waals surface area contributed by atoms with E-state index >= 15 is 0 Å². The van der Waals surface area contributed by atoms with Crippen LogP contribution in [0.1, 0.15) is 84.5 Å². The van der Waals surface area contributed by atoms with Gasteiger partial charge in [-0.3, -0.25) is 0 Å². The third-order valence-electron chi connectivity index (χ3n) is 4.16. The molecule has 4 heteroatoms. The lowest BCUT2D eigenvalue weighted by Gasteiger charge is -2.28. The van der Waals surface area contributed by atoms with Gasteiger partial charge in [-0.25, -0.2) is 9.59 Å². The monoisotopic (exact) mass is 334 g/mol.